The maximum Gasteiger partial charge on any atom is 0.243 e. The number of phenols is 1. The monoisotopic (exact) mass is 205 g/mol. The predicted octanol–water partition coefficient (Wildman–Crippen LogP) is 0.439. The summed E-state index contributed by atoms with van der Waals surface area (Å²) in [5.41, 5.74) is 0. The summed E-state index contributed by atoms with van der Waals surface area (Å²) in [6, 6.07) is 3.40. The van der Waals surface area contributed by atoms with Gasteiger partial charge in [-0.2, -0.15) is 0 Å². The molecule has 13 heavy (non-hydrogen) atoms. The Morgan fingerprint density at radius 1 is 1.46 bits per heavy atom. The molecule has 72 valence electrons. The summed E-state index contributed by atoms with van der Waals surface area (Å²) < 4.78 is 37.2. The lowest BCUT2D eigenvalue weighted by Crippen LogP contribution is -2.19. The molecule has 0 amide bonds. The molecule has 1 rings (SSSR count). The van der Waals surface area contributed by atoms with E-state index in [2.05, 4.69) is 0 Å². The minimum absolute atomic E-state index is 0.560. The van der Waals surface area contributed by atoms with Crippen LogP contribution in [-0.4, -0.2) is 20.6 Å². The zero-order valence-electron chi connectivity index (χ0n) is 6.78. The molecule has 1 aromatic rings. The SMILES string of the molecule is CNS(=O)(=O)c1cccc(O)c1F. The number of aromatic hydroxyl groups is 1. The van der Waals surface area contributed by atoms with Crippen molar-refractivity contribution >= 4 is 10.0 Å². The van der Waals surface area contributed by atoms with Crippen molar-refractivity contribution in [3.63, 3.8) is 0 Å². The lowest BCUT2D eigenvalue weighted by atomic mass is 10.3. The number of benzene rings is 1. The second-order valence-corrected chi connectivity index (χ2v) is 4.15. The van der Waals surface area contributed by atoms with E-state index >= 15 is 0 Å². The number of sulfonamides is 1. The Kier molecular flexibility index (Phi) is 2.53. The second kappa shape index (κ2) is 3.31. The summed E-state index contributed by atoms with van der Waals surface area (Å²) in [5.74, 6) is -1.83. The Balaban J connectivity index is 3.40. The first-order chi connectivity index (χ1) is 5.99. The molecule has 6 heteroatoms. The number of nitrogens with one attached hydrogen (secondary N) is 1. The summed E-state index contributed by atoms with van der Waals surface area (Å²) >= 11 is 0. The van der Waals surface area contributed by atoms with Crippen LogP contribution < -0.4 is 4.72 Å². The molecule has 2 N–H and O–H groups in total. The molecule has 1 aromatic carbocycles. The highest BCUT2D eigenvalue weighted by Gasteiger charge is 2.18. The van der Waals surface area contributed by atoms with Crippen molar-refractivity contribution in [3.8, 4) is 5.75 Å². The highest BCUT2D eigenvalue weighted by Crippen LogP contribution is 2.21. The van der Waals surface area contributed by atoms with E-state index in [1.54, 1.807) is 0 Å². The molecule has 0 atom stereocenters. The average molecular weight is 205 g/mol. The first-order valence-corrected chi connectivity index (χ1v) is 4.88. The van der Waals surface area contributed by atoms with Gasteiger partial charge in [-0.3, -0.25) is 0 Å². The van der Waals surface area contributed by atoms with E-state index in [4.69, 9.17) is 5.11 Å². The Morgan fingerprint density at radius 3 is 2.62 bits per heavy atom. The van der Waals surface area contributed by atoms with Crippen molar-refractivity contribution in [3.05, 3.63) is 24.0 Å². The van der Waals surface area contributed by atoms with E-state index in [0.29, 0.717) is 0 Å². The van der Waals surface area contributed by atoms with Gasteiger partial charge in [0.1, 0.15) is 4.90 Å². The van der Waals surface area contributed by atoms with Crippen molar-refractivity contribution in [2.75, 3.05) is 7.05 Å². The molecule has 0 heterocycles. The zero-order valence-corrected chi connectivity index (χ0v) is 7.60. The van der Waals surface area contributed by atoms with Crippen molar-refractivity contribution in [1.29, 1.82) is 0 Å². The normalized spacial score (nSPS) is 11.5. The molecule has 0 aromatic heterocycles. The average Bonchev–Trinajstić information content (AvgIpc) is 2.09. The van der Waals surface area contributed by atoms with Gasteiger partial charge in [-0.05, 0) is 19.2 Å². The van der Waals surface area contributed by atoms with Gasteiger partial charge in [-0.1, -0.05) is 6.07 Å². The standard InChI is InChI=1S/C7H8FNO3S/c1-9-13(11,12)6-4-2-3-5(10)7(6)8/h2-4,9-10H,1H3. The van der Waals surface area contributed by atoms with Gasteiger partial charge in [0.25, 0.3) is 0 Å². The Hall–Kier alpha value is -1.14. The smallest absolute Gasteiger partial charge is 0.243 e. The van der Waals surface area contributed by atoms with E-state index in [1.807, 2.05) is 4.72 Å². The fourth-order valence-electron chi connectivity index (χ4n) is 0.817. The van der Waals surface area contributed by atoms with Crippen LogP contribution >= 0.6 is 0 Å². The summed E-state index contributed by atoms with van der Waals surface area (Å²) in [5, 5.41) is 8.89. The number of phenolic OH excluding ortho intramolecular Hbond substituents is 1. The van der Waals surface area contributed by atoms with Crippen LogP contribution in [0, 0.1) is 5.82 Å². The largest absolute Gasteiger partial charge is 0.505 e. The van der Waals surface area contributed by atoms with Gasteiger partial charge in [0.05, 0.1) is 0 Å². The topological polar surface area (TPSA) is 66.4 Å². The van der Waals surface area contributed by atoms with Crippen LogP contribution in [0.1, 0.15) is 0 Å². The molecule has 0 radical (unpaired) electrons. The van der Waals surface area contributed by atoms with E-state index in [0.717, 1.165) is 12.1 Å². The van der Waals surface area contributed by atoms with Crippen LogP contribution in [0.3, 0.4) is 0 Å². The van der Waals surface area contributed by atoms with Crippen LogP contribution in [0.2, 0.25) is 0 Å². The molecular weight excluding hydrogens is 197 g/mol. The van der Waals surface area contributed by atoms with Gasteiger partial charge in [0, 0.05) is 0 Å². The van der Waals surface area contributed by atoms with Crippen molar-refractivity contribution in [1.82, 2.24) is 4.72 Å². The van der Waals surface area contributed by atoms with Gasteiger partial charge in [0.2, 0.25) is 10.0 Å². The number of hydrogen-bond donors (Lipinski definition) is 2. The molecule has 0 spiro atoms. The maximum atomic E-state index is 13.0. The highest BCUT2D eigenvalue weighted by molar-refractivity contribution is 7.89. The molecule has 0 fully saturated rings. The predicted molar refractivity (Wildman–Crippen MR) is 44.3 cm³/mol. The first-order valence-electron chi connectivity index (χ1n) is 3.40. The molecule has 0 saturated heterocycles. The Morgan fingerprint density at radius 2 is 2.08 bits per heavy atom. The van der Waals surface area contributed by atoms with Crippen LogP contribution in [0.25, 0.3) is 0 Å². The van der Waals surface area contributed by atoms with Crippen molar-refractivity contribution in [2.24, 2.45) is 0 Å². The molecule has 4 nitrogen and oxygen atoms in total. The molecular formula is C7H8FNO3S. The fourth-order valence-corrected chi connectivity index (χ4v) is 1.63. The summed E-state index contributed by atoms with van der Waals surface area (Å²) in [6.45, 7) is 0. The summed E-state index contributed by atoms with van der Waals surface area (Å²) in [4.78, 5) is -0.560. The number of halogens is 1. The number of hydrogen-bond acceptors (Lipinski definition) is 3. The summed E-state index contributed by atoms with van der Waals surface area (Å²) in [7, 11) is -2.67. The van der Waals surface area contributed by atoms with Gasteiger partial charge < -0.3 is 5.11 Å². The van der Waals surface area contributed by atoms with E-state index in [1.165, 1.54) is 13.1 Å². The van der Waals surface area contributed by atoms with Gasteiger partial charge in [-0.25, -0.2) is 17.5 Å². The molecule has 0 bridgehead atoms. The number of rotatable bonds is 2. The second-order valence-electron chi connectivity index (χ2n) is 2.30. The Bertz CT molecular complexity index is 416. The zero-order chi connectivity index (χ0) is 10.1. The lowest BCUT2D eigenvalue weighted by Gasteiger charge is -2.03. The third-order valence-electron chi connectivity index (χ3n) is 1.50. The quantitative estimate of drug-likeness (QED) is 0.736. The minimum Gasteiger partial charge on any atom is -0.505 e. The van der Waals surface area contributed by atoms with Crippen LogP contribution in [-0.2, 0) is 10.0 Å². The van der Waals surface area contributed by atoms with Crippen molar-refractivity contribution < 1.29 is 17.9 Å². The van der Waals surface area contributed by atoms with E-state index in [-0.39, 0.29) is 0 Å². The van der Waals surface area contributed by atoms with Crippen LogP contribution in [0.5, 0.6) is 5.75 Å². The van der Waals surface area contributed by atoms with E-state index < -0.39 is 26.5 Å². The molecule has 0 aliphatic rings. The molecule has 0 aliphatic carbocycles. The van der Waals surface area contributed by atoms with Gasteiger partial charge >= 0.3 is 0 Å². The first kappa shape index (κ1) is 9.94. The Labute approximate surface area is 75.1 Å². The minimum atomic E-state index is -3.84. The fraction of sp³-hybridized carbons (Fsp3) is 0.143. The molecule has 0 aliphatic heterocycles. The molecule has 0 saturated carbocycles. The van der Waals surface area contributed by atoms with Crippen molar-refractivity contribution in [2.45, 2.75) is 4.90 Å². The van der Waals surface area contributed by atoms with Gasteiger partial charge in [-0.15, -0.1) is 0 Å². The maximum absolute atomic E-state index is 13.0. The lowest BCUT2D eigenvalue weighted by molar-refractivity contribution is 0.422. The highest BCUT2D eigenvalue weighted by atomic mass is 32.2. The van der Waals surface area contributed by atoms with Crippen LogP contribution in [0.15, 0.2) is 23.1 Å². The third-order valence-corrected chi connectivity index (χ3v) is 2.93. The van der Waals surface area contributed by atoms with Gasteiger partial charge in [0.15, 0.2) is 11.6 Å². The molecule has 0 unspecified atom stereocenters. The van der Waals surface area contributed by atoms with E-state index in [9.17, 15) is 12.8 Å². The van der Waals surface area contributed by atoms with Crippen LogP contribution in [0.4, 0.5) is 4.39 Å². The third kappa shape index (κ3) is 1.78. The summed E-state index contributed by atoms with van der Waals surface area (Å²) in [6.07, 6.45) is 0.